The van der Waals surface area contributed by atoms with Gasteiger partial charge in [0.15, 0.2) is 11.7 Å². The van der Waals surface area contributed by atoms with Gasteiger partial charge in [-0.2, -0.15) is 0 Å². The third kappa shape index (κ3) is 6.49. The van der Waals surface area contributed by atoms with Crippen molar-refractivity contribution in [3.05, 3.63) is 24.2 Å². The van der Waals surface area contributed by atoms with Crippen molar-refractivity contribution in [1.29, 1.82) is 0 Å². The summed E-state index contributed by atoms with van der Waals surface area (Å²) in [6.45, 7) is 15.2. The Kier molecular flexibility index (Phi) is 8.61. The minimum atomic E-state index is -0.0251. The molecule has 0 aromatic carbocycles. The van der Waals surface area contributed by atoms with Crippen LogP contribution in [0.4, 0.5) is 0 Å². The number of carbonyl (C=O) groups is 1. The summed E-state index contributed by atoms with van der Waals surface area (Å²) in [7, 11) is 0. The lowest BCUT2D eigenvalue weighted by molar-refractivity contribution is 0.0657. The van der Waals surface area contributed by atoms with Crippen LogP contribution in [0.15, 0.2) is 27.8 Å². The van der Waals surface area contributed by atoms with Crippen LogP contribution in [-0.2, 0) is 0 Å². The average Bonchev–Trinajstić information content (AvgIpc) is 3.26. The van der Waals surface area contributed by atoms with Gasteiger partial charge in [-0.15, -0.1) is 0 Å². The molecule has 7 heteroatoms. The molecule has 7 nitrogen and oxygen atoms in total. The van der Waals surface area contributed by atoms with Crippen molar-refractivity contribution in [2.45, 2.75) is 40.0 Å². The summed E-state index contributed by atoms with van der Waals surface area (Å²) in [4.78, 5) is 24.1. The number of amides is 1. The molecule has 3 rings (SSSR count). The molecule has 168 valence electrons. The van der Waals surface area contributed by atoms with Crippen LogP contribution in [-0.4, -0.2) is 85.5 Å². The van der Waals surface area contributed by atoms with E-state index in [0.717, 1.165) is 50.4 Å². The number of nitrogens with one attached hydrogen (secondary N) is 1. The Bertz CT molecular complexity index is 657. The second-order valence-corrected chi connectivity index (χ2v) is 8.90. The normalized spacial score (nSPS) is 23.6. The Morgan fingerprint density at radius 3 is 2.47 bits per heavy atom. The molecule has 0 bridgehead atoms. The predicted octanol–water partition coefficient (Wildman–Crippen LogP) is 2.76. The molecule has 30 heavy (non-hydrogen) atoms. The number of carbonyl (C=O) groups excluding carboxylic acids is 1. The van der Waals surface area contributed by atoms with Gasteiger partial charge >= 0.3 is 0 Å². The van der Waals surface area contributed by atoms with Crippen LogP contribution < -0.4 is 5.32 Å². The van der Waals surface area contributed by atoms with Gasteiger partial charge in [0.05, 0.1) is 6.26 Å². The number of unbranched alkanes of at least 4 members (excludes halogenated alkanes) is 1. The Hall–Kier alpha value is -2.02. The molecule has 1 N–H and O–H groups in total. The number of piperazine rings is 1. The second kappa shape index (κ2) is 11.4. The first-order valence-electron chi connectivity index (χ1n) is 11.6. The van der Waals surface area contributed by atoms with Crippen LogP contribution in [0, 0.1) is 11.8 Å². The van der Waals surface area contributed by atoms with E-state index in [1.54, 1.807) is 18.4 Å². The van der Waals surface area contributed by atoms with Gasteiger partial charge in [0, 0.05) is 52.4 Å². The summed E-state index contributed by atoms with van der Waals surface area (Å²) < 4.78 is 5.25. The highest BCUT2D eigenvalue weighted by molar-refractivity contribution is 5.91. The standard InChI is InChI=1S/C23H39N5O2/c1-4-24-23(25-9-5-6-10-26-17-19(2)16-20(3)18-26)28-13-11-27(12-14-28)22(29)21-8-7-15-30-21/h7-8,15,19-20H,4-6,9-14,16-18H2,1-3H3,(H,24,25). The Morgan fingerprint density at radius 2 is 1.83 bits per heavy atom. The number of hydrogen-bond donors (Lipinski definition) is 1. The van der Waals surface area contributed by atoms with Gasteiger partial charge in [0.25, 0.3) is 5.91 Å². The molecule has 2 fully saturated rings. The quantitative estimate of drug-likeness (QED) is 0.420. The van der Waals surface area contributed by atoms with Crippen LogP contribution >= 0.6 is 0 Å². The largest absolute Gasteiger partial charge is 0.459 e. The molecule has 1 amide bonds. The van der Waals surface area contributed by atoms with E-state index in [9.17, 15) is 4.79 Å². The van der Waals surface area contributed by atoms with E-state index in [4.69, 9.17) is 9.41 Å². The highest BCUT2D eigenvalue weighted by Crippen LogP contribution is 2.21. The summed E-state index contributed by atoms with van der Waals surface area (Å²) in [5, 5.41) is 3.42. The topological polar surface area (TPSA) is 64.3 Å². The molecule has 2 unspecified atom stereocenters. The maximum absolute atomic E-state index is 12.4. The molecule has 1 aromatic heterocycles. The number of guanidine groups is 1. The van der Waals surface area contributed by atoms with Gasteiger partial charge in [0.1, 0.15) is 0 Å². The first-order chi connectivity index (χ1) is 14.6. The maximum Gasteiger partial charge on any atom is 0.289 e. The fourth-order valence-corrected chi connectivity index (χ4v) is 4.71. The van der Waals surface area contributed by atoms with Crippen molar-refractivity contribution in [2.75, 3.05) is 58.9 Å². The smallest absolute Gasteiger partial charge is 0.289 e. The summed E-state index contributed by atoms with van der Waals surface area (Å²) in [6, 6.07) is 3.48. The lowest BCUT2D eigenvalue weighted by atomic mass is 9.92. The van der Waals surface area contributed by atoms with E-state index in [1.807, 2.05) is 4.90 Å². The van der Waals surface area contributed by atoms with E-state index < -0.39 is 0 Å². The second-order valence-electron chi connectivity index (χ2n) is 8.90. The molecule has 0 radical (unpaired) electrons. The highest BCUT2D eigenvalue weighted by atomic mass is 16.3. The van der Waals surface area contributed by atoms with Gasteiger partial charge in [-0.05, 0) is 56.7 Å². The van der Waals surface area contributed by atoms with Crippen LogP contribution in [0.3, 0.4) is 0 Å². The Balaban J connectivity index is 1.40. The number of furan rings is 1. The third-order valence-corrected chi connectivity index (χ3v) is 6.02. The highest BCUT2D eigenvalue weighted by Gasteiger charge is 2.25. The SMILES string of the molecule is CCNC(=NCCCCN1CC(C)CC(C)C1)N1CCN(C(=O)c2ccco2)CC1. The number of piperidine rings is 1. The van der Waals surface area contributed by atoms with E-state index in [0.29, 0.717) is 18.8 Å². The zero-order valence-corrected chi connectivity index (χ0v) is 19.0. The molecule has 0 saturated carbocycles. The number of aliphatic imine (C=N–C) groups is 1. The zero-order valence-electron chi connectivity index (χ0n) is 19.0. The van der Waals surface area contributed by atoms with Gasteiger partial charge < -0.3 is 24.4 Å². The monoisotopic (exact) mass is 417 g/mol. The lowest BCUT2D eigenvalue weighted by Crippen LogP contribution is -2.53. The number of rotatable bonds is 7. The Labute approximate surface area is 181 Å². The molecule has 0 aliphatic carbocycles. The van der Waals surface area contributed by atoms with Crippen molar-refractivity contribution < 1.29 is 9.21 Å². The summed E-state index contributed by atoms with van der Waals surface area (Å²) in [5.74, 6) is 3.02. The molecule has 3 heterocycles. The van der Waals surface area contributed by atoms with Crippen molar-refractivity contribution >= 4 is 11.9 Å². The molecule has 2 aliphatic heterocycles. The zero-order chi connectivity index (χ0) is 21.3. The fourth-order valence-electron chi connectivity index (χ4n) is 4.71. The molecule has 2 aliphatic rings. The predicted molar refractivity (Wildman–Crippen MR) is 121 cm³/mol. The van der Waals surface area contributed by atoms with E-state index in [1.165, 1.54) is 32.5 Å². The third-order valence-electron chi connectivity index (χ3n) is 6.02. The minimum absolute atomic E-state index is 0.0251. The molecular weight excluding hydrogens is 378 g/mol. The van der Waals surface area contributed by atoms with E-state index >= 15 is 0 Å². The molecule has 1 aromatic rings. The van der Waals surface area contributed by atoms with Crippen molar-refractivity contribution in [3.8, 4) is 0 Å². The van der Waals surface area contributed by atoms with Gasteiger partial charge in [-0.3, -0.25) is 9.79 Å². The van der Waals surface area contributed by atoms with Crippen molar-refractivity contribution in [3.63, 3.8) is 0 Å². The van der Waals surface area contributed by atoms with E-state index in [2.05, 4.69) is 35.9 Å². The van der Waals surface area contributed by atoms with Crippen LogP contribution in [0.2, 0.25) is 0 Å². The van der Waals surface area contributed by atoms with Crippen molar-refractivity contribution in [1.82, 2.24) is 20.0 Å². The molecule has 2 saturated heterocycles. The number of likely N-dealkylation sites (tertiary alicyclic amines) is 1. The maximum atomic E-state index is 12.4. The first-order valence-corrected chi connectivity index (χ1v) is 11.6. The Morgan fingerprint density at radius 1 is 1.13 bits per heavy atom. The molecular formula is C23H39N5O2. The molecule has 0 spiro atoms. The van der Waals surface area contributed by atoms with Crippen LogP contribution in [0.1, 0.15) is 50.6 Å². The van der Waals surface area contributed by atoms with Gasteiger partial charge in [0.2, 0.25) is 0 Å². The first kappa shape index (κ1) is 22.7. The minimum Gasteiger partial charge on any atom is -0.459 e. The average molecular weight is 418 g/mol. The summed E-state index contributed by atoms with van der Waals surface area (Å²) >= 11 is 0. The number of nitrogens with zero attached hydrogens (tertiary/aromatic N) is 4. The van der Waals surface area contributed by atoms with Gasteiger partial charge in [-0.1, -0.05) is 13.8 Å². The fraction of sp³-hybridized carbons (Fsp3) is 0.739. The summed E-state index contributed by atoms with van der Waals surface area (Å²) in [6.07, 6.45) is 5.23. The van der Waals surface area contributed by atoms with E-state index in [-0.39, 0.29) is 5.91 Å². The van der Waals surface area contributed by atoms with Crippen molar-refractivity contribution in [2.24, 2.45) is 16.8 Å². The van der Waals surface area contributed by atoms with Gasteiger partial charge in [-0.25, -0.2) is 0 Å². The van der Waals surface area contributed by atoms with Crippen LogP contribution in [0.5, 0.6) is 0 Å². The molecule has 2 atom stereocenters. The summed E-state index contributed by atoms with van der Waals surface area (Å²) in [5.41, 5.74) is 0. The van der Waals surface area contributed by atoms with Crippen LogP contribution in [0.25, 0.3) is 0 Å². The number of hydrogen-bond acceptors (Lipinski definition) is 4. The lowest BCUT2D eigenvalue weighted by Gasteiger charge is -2.36.